The van der Waals surface area contributed by atoms with Crippen LogP contribution in [0.2, 0.25) is 0 Å². The van der Waals surface area contributed by atoms with E-state index < -0.39 is 16.0 Å². The fourth-order valence-corrected chi connectivity index (χ4v) is 3.89. The number of benzene rings is 2. The molecule has 0 bridgehead atoms. The minimum Gasteiger partial charge on any atom is -0.478 e. The van der Waals surface area contributed by atoms with E-state index in [9.17, 15) is 18.3 Å². The largest absolute Gasteiger partial charge is 0.478 e. The Morgan fingerprint density at radius 1 is 1.30 bits per heavy atom. The monoisotopic (exact) mass is 390 g/mol. The van der Waals surface area contributed by atoms with E-state index in [1.165, 1.54) is 6.07 Å². The number of nitrogens with two attached hydrogens (primary N) is 1. The van der Waals surface area contributed by atoms with Gasteiger partial charge in [-0.1, -0.05) is 25.1 Å². The molecule has 1 unspecified atom stereocenters. The van der Waals surface area contributed by atoms with Gasteiger partial charge in [-0.15, -0.1) is 0 Å². The first-order chi connectivity index (χ1) is 12.7. The number of rotatable bonds is 5. The molecule has 0 saturated carbocycles. The highest BCUT2D eigenvalue weighted by molar-refractivity contribution is 7.89. The molecule has 2 aromatic carbocycles. The Hall–Kier alpha value is -2.58. The van der Waals surface area contributed by atoms with Crippen LogP contribution in [0.4, 0.5) is 5.69 Å². The van der Waals surface area contributed by atoms with Gasteiger partial charge in [-0.05, 0) is 43.0 Å². The second-order valence-corrected chi connectivity index (χ2v) is 8.41. The van der Waals surface area contributed by atoms with Crippen molar-refractivity contribution in [1.29, 1.82) is 0 Å². The summed E-state index contributed by atoms with van der Waals surface area (Å²) >= 11 is 0. The summed E-state index contributed by atoms with van der Waals surface area (Å²) in [5.74, 6) is -0.275. The lowest BCUT2D eigenvalue weighted by Crippen LogP contribution is -2.22. The number of nitrogens with zero attached hydrogens (tertiary/aromatic N) is 1. The van der Waals surface area contributed by atoms with Crippen LogP contribution >= 0.6 is 0 Å². The molecule has 0 radical (unpaired) electrons. The summed E-state index contributed by atoms with van der Waals surface area (Å²) in [5, 5.41) is 14.8. The van der Waals surface area contributed by atoms with Crippen molar-refractivity contribution in [3.8, 4) is 11.5 Å². The number of carboxylic acid groups (broad SMARTS) is 1. The van der Waals surface area contributed by atoms with Crippen LogP contribution in [0.1, 0.15) is 29.3 Å². The summed E-state index contributed by atoms with van der Waals surface area (Å²) in [6.07, 6.45) is 0.922. The Balaban J connectivity index is 2.23. The molecule has 0 aliphatic carbocycles. The minimum atomic E-state index is -4.20. The Bertz CT molecular complexity index is 988. The molecule has 27 heavy (non-hydrogen) atoms. The first kappa shape index (κ1) is 19.2. The molecule has 0 aromatic heterocycles. The van der Waals surface area contributed by atoms with Crippen molar-refractivity contribution in [3.63, 3.8) is 0 Å². The highest BCUT2D eigenvalue weighted by Gasteiger charge is 2.29. The number of para-hydroxylation sites is 1. The molecule has 7 nitrogen and oxygen atoms in total. The molecule has 144 valence electrons. The van der Waals surface area contributed by atoms with Gasteiger partial charge in [-0.3, -0.25) is 0 Å². The average molecular weight is 390 g/mol. The standard InChI is InChI=1S/C19H22N2O5S/c1-12-7-8-21(11-12)15-9-14(19(22)23)10-17(27(20,24)25)18(15)26-16-6-4-3-5-13(16)2/h3-6,9-10,12H,7-8,11H2,1-2H3,(H,22,23)(H2,20,24,25). The van der Waals surface area contributed by atoms with Crippen LogP contribution in [0.3, 0.4) is 0 Å². The molecule has 3 rings (SSSR count). The average Bonchev–Trinajstić information content (AvgIpc) is 3.02. The molecule has 8 heteroatoms. The van der Waals surface area contributed by atoms with Crippen LogP contribution in [0.25, 0.3) is 0 Å². The maximum absolute atomic E-state index is 12.2. The molecule has 3 N–H and O–H groups in total. The van der Waals surface area contributed by atoms with Gasteiger partial charge < -0.3 is 14.7 Å². The third-order valence-corrected chi connectivity index (χ3v) is 5.58. The van der Waals surface area contributed by atoms with Gasteiger partial charge in [-0.2, -0.15) is 0 Å². The zero-order chi connectivity index (χ0) is 19.8. The first-order valence-corrected chi connectivity index (χ1v) is 10.1. The number of hydrogen-bond acceptors (Lipinski definition) is 5. The maximum atomic E-state index is 12.2. The smallest absolute Gasteiger partial charge is 0.335 e. The number of carbonyl (C=O) groups is 1. The Kier molecular flexibility index (Phi) is 5.12. The maximum Gasteiger partial charge on any atom is 0.335 e. The second-order valence-electron chi connectivity index (χ2n) is 6.88. The van der Waals surface area contributed by atoms with Gasteiger partial charge in [0.15, 0.2) is 5.75 Å². The van der Waals surface area contributed by atoms with E-state index in [1.54, 1.807) is 12.1 Å². The lowest BCUT2D eigenvalue weighted by Gasteiger charge is -2.24. The van der Waals surface area contributed by atoms with Gasteiger partial charge >= 0.3 is 5.97 Å². The van der Waals surface area contributed by atoms with E-state index in [4.69, 9.17) is 9.88 Å². The quantitative estimate of drug-likeness (QED) is 0.812. The predicted molar refractivity (Wildman–Crippen MR) is 102 cm³/mol. The summed E-state index contributed by atoms with van der Waals surface area (Å²) in [4.78, 5) is 13.2. The van der Waals surface area contributed by atoms with E-state index >= 15 is 0 Å². The summed E-state index contributed by atoms with van der Waals surface area (Å²) in [6.45, 7) is 5.29. The topological polar surface area (TPSA) is 110 Å². The third-order valence-electron chi connectivity index (χ3n) is 4.66. The summed E-state index contributed by atoms with van der Waals surface area (Å²) in [6, 6.07) is 9.69. The van der Waals surface area contributed by atoms with Crippen molar-refractivity contribution in [1.82, 2.24) is 0 Å². The number of anilines is 1. The van der Waals surface area contributed by atoms with E-state index in [2.05, 4.69) is 6.92 Å². The van der Waals surface area contributed by atoms with Gasteiger partial charge in [0.1, 0.15) is 10.6 Å². The number of hydrogen-bond donors (Lipinski definition) is 2. The van der Waals surface area contributed by atoms with Crippen LogP contribution in [-0.2, 0) is 10.0 Å². The van der Waals surface area contributed by atoms with Crippen molar-refractivity contribution < 1.29 is 23.1 Å². The number of carboxylic acids is 1. The molecule has 0 amide bonds. The van der Waals surface area contributed by atoms with Gasteiger partial charge in [-0.25, -0.2) is 18.4 Å². The molecular weight excluding hydrogens is 368 g/mol. The van der Waals surface area contributed by atoms with E-state index in [0.29, 0.717) is 30.4 Å². The Morgan fingerprint density at radius 3 is 2.56 bits per heavy atom. The molecule has 0 spiro atoms. The minimum absolute atomic E-state index is 0.0610. The molecule has 1 fully saturated rings. The molecule has 1 saturated heterocycles. The van der Waals surface area contributed by atoms with Gasteiger partial charge in [0.2, 0.25) is 10.0 Å². The van der Waals surface area contributed by atoms with Crippen LogP contribution in [0.15, 0.2) is 41.3 Å². The molecule has 1 aliphatic heterocycles. The Morgan fingerprint density at radius 2 is 2.00 bits per heavy atom. The van der Waals surface area contributed by atoms with Crippen molar-refractivity contribution in [2.75, 3.05) is 18.0 Å². The SMILES string of the molecule is Cc1ccccc1Oc1c(N2CCC(C)C2)cc(C(=O)O)cc1S(N)(=O)=O. The van der Waals surface area contributed by atoms with Crippen molar-refractivity contribution in [2.45, 2.75) is 25.2 Å². The summed E-state index contributed by atoms with van der Waals surface area (Å²) < 4.78 is 30.4. The van der Waals surface area contributed by atoms with Crippen LogP contribution < -0.4 is 14.8 Å². The van der Waals surface area contributed by atoms with Gasteiger partial charge in [0.05, 0.1) is 11.3 Å². The number of aryl methyl sites for hydroxylation is 1. The highest BCUT2D eigenvalue weighted by atomic mass is 32.2. The van der Waals surface area contributed by atoms with Crippen molar-refractivity contribution >= 4 is 21.7 Å². The molecule has 1 aliphatic rings. The first-order valence-electron chi connectivity index (χ1n) is 8.59. The lowest BCUT2D eigenvalue weighted by atomic mass is 10.1. The second kappa shape index (κ2) is 7.21. The van der Waals surface area contributed by atoms with Crippen molar-refractivity contribution in [3.05, 3.63) is 47.5 Å². The zero-order valence-electron chi connectivity index (χ0n) is 15.2. The predicted octanol–water partition coefficient (Wildman–Crippen LogP) is 2.98. The lowest BCUT2D eigenvalue weighted by molar-refractivity contribution is 0.0696. The highest BCUT2D eigenvalue weighted by Crippen LogP contribution is 2.41. The Labute approximate surface area is 158 Å². The molecule has 2 aromatic rings. The third kappa shape index (κ3) is 4.06. The van der Waals surface area contributed by atoms with Crippen LogP contribution in [-0.4, -0.2) is 32.6 Å². The normalized spacial score (nSPS) is 17.1. The zero-order valence-corrected chi connectivity index (χ0v) is 16.0. The summed E-state index contributed by atoms with van der Waals surface area (Å²) in [7, 11) is -4.20. The molecule has 1 heterocycles. The summed E-state index contributed by atoms with van der Waals surface area (Å²) in [5.41, 5.74) is 1.10. The van der Waals surface area contributed by atoms with Crippen LogP contribution in [0.5, 0.6) is 11.5 Å². The van der Waals surface area contributed by atoms with Gasteiger partial charge in [0.25, 0.3) is 0 Å². The van der Waals surface area contributed by atoms with E-state index in [-0.39, 0.29) is 16.2 Å². The molecular formula is C19H22N2O5S. The number of ether oxygens (including phenoxy) is 1. The number of primary sulfonamides is 1. The van der Waals surface area contributed by atoms with Crippen molar-refractivity contribution in [2.24, 2.45) is 11.1 Å². The fourth-order valence-electron chi connectivity index (χ4n) is 3.19. The van der Waals surface area contributed by atoms with Gasteiger partial charge in [0, 0.05) is 13.1 Å². The van der Waals surface area contributed by atoms with E-state index in [0.717, 1.165) is 18.1 Å². The number of aromatic carboxylic acids is 1. The van der Waals surface area contributed by atoms with E-state index in [1.807, 2.05) is 24.0 Å². The molecule has 1 atom stereocenters. The fraction of sp³-hybridized carbons (Fsp3) is 0.316. The van der Waals surface area contributed by atoms with Crippen LogP contribution in [0, 0.1) is 12.8 Å². The number of sulfonamides is 1.